The van der Waals surface area contributed by atoms with Crippen molar-refractivity contribution in [3.8, 4) is 0 Å². The summed E-state index contributed by atoms with van der Waals surface area (Å²) in [5.41, 5.74) is 1.38. The second kappa shape index (κ2) is 4.99. The zero-order valence-corrected chi connectivity index (χ0v) is 10.9. The van der Waals surface area contributed by atoms with Crippen molar-refractivity contribution in [2.75, 3.05) is 24.5 Å². The van der Waals surface area contributed by atoms with Crippen molar-refractivity contribution in [1.29, 1.82) is 0 Å². The molecule has 1 saturated heterocycles. The van der Waals surface area contributed by atoms with Crippen LogP contribution in [0.3, 0.4) is 0 Å². The summed E-state index contributed by atoms with van der Waals surface area (Å²) in [6.45, 7) is 5.53. The van der Waals surface area contributed by atoms with Crippen LogP contribution in [-0.4, -0.2) is 25.7 Å². The average Bonchev–Trinajstić information content (AvgIpc) is 2.87. The van der Waals surface area contributed by atoms with Crippen LogP contribution in [0.25, 0.3) is 10.8 Å². The summed E-state index contributed by atoms with van der Waals surface area (Å²) >= 11 is 0. The molecule has 0 saturated carbocycles. The molecular weight excluding hydrogens is 220 g/mol. The van der Waals surface area contributed by atoms with Gasteiger partial charge in [0.1, 0.15) is 0 Å². The summed E-state index contributed by atoms with van der Waals surface area (Å²) in [6.07, 6.45) is 1.25. The molecular formula is C16H20N2. The molecule has 2 aromatic carbocycles. The Hall–Kier alpha value is -1.54. The fraction of sp³-hybridized carbons (Fsp3) is 0.375. The number of hydrogen-bond donors (Lipinski definition) is 1. The molecule has 2 heteroatoms. The van der Waals surface area contributed by atoms with Crippen LogP contribution in [0.4, 0.5) is 5.69 Å². The number of fused-ring (bicyclic) bond motifs is 1. The van der Waals surface area contributed by atoms with Gasteiger partial charge in [0.05, 0.1) is 0 Å². The SMILES string of the molecule is CCNC1CCN(c2cccc3ccccc23)C1. The number of anilines is 1. The Morgan fingerprint density at radius 2 is 2.00 bits per heavy atom. The number of rotatable bonds is 3. The van der Waals surface area contributed by atoms with E-state index < -0.39 is 0 Å². The monoisotopic (exact) mass is 240 g/mol. The van der Waals surface area contributed by atoms with Gasteiger partial charge in [-0.25, -0.2) is 0 Å². The zero-order chi connectivity index (χ0) is 12.4. The van der Waals surface area contributed by atoms with Crippen molar-refractivity contribution in [3.63, 3.8) is 0 Å². The lowest BCUT2D eigenvalue weighted by Gasteiger charge is -2.21. The van der Waals surface area contributed by atoms with Gasteiger partial charge in [-0.3, -0.25) is 0 Å². The van der Waals surface area contributed by atoms with E-state index in [4.69, 9.17) is 0 Å². The maximum absolute atomic E-state index is 3.55. The summed E-state index contributed by atoms with van der Waals surface area (Å²) in [5.74, 6) is 0. The molecule has 3 rings (SSSR count). The average molecular weight is 240 g/mol. The molecule has 1 heterocycles. The van der Waals surface area contributed by atoms with Crippen LogP contribution in [-0.2, 0) is 0 Å². The van der Waals surface area contributed by atoms with Gasteiger partial charge in [0, 0.05) is 30.2 Å². The standard InChI is InChI=1S/C16H20N2/c1-2-17-14-10-11-18(12-14)16-9-5-7-13-6-3-4-8-15(13)16/h3-9,14,17H,2,10-12H2,1H3. The predicted octanol–water partition coefficient (Wildman–Crippen LogP) is 3.03. The van der Waals surface area contributed by atoms with Crippen molar-refractivity contribution in [1.82, 2.24) is 5.32 Å². The molecule has 0 aromatic heterocycles. The van der Waals surface area contributed by atoms with E-state index in [2.05, 4.69) is 59.6 Å². The van der Waals surface area contributed by atoms with E-state index in [1.54, 1.807) is 0 Å². The van der Waals surface area contributed by atoms with Gasteiger partial charge in [-0.2, -0.15) is 0 Å². The molecule has 0 radical (unpaired) electrons. The van der Waals surface area contributed by atoms with E-state index in [0.29, 0.717) is 6.04 Å². The van der Waals surface area contributed by atoms with Gasteiger partial charge in [0.25, 0.3) is 0 Å². The minimum Gasteiger partial charge on any atom is -0.369 e. The molecule has 2 nitrogen and oxygen atoms in total. The highest BCUT2D eigenvalue weighted by Gasteiger charge is 2.22. The number of nitrogens with one attached hydrogen (secondary N) is 1. The van der Waals surface area contributed by atoms with Crippen LogP contribution in [0.15, 0.2) is 42.5 Å². The van der Waals surface area contributed by atoms with Crippen molar-refractivity contribution in [2.24, 2.45) is 0 Å². The Labute approximate surface area is 109 Å². The summed E-state index contributed by atoms with van der Waals surface area (Å²) in [6, 6.07) is 15.9. The number of benzene rings is 2. The lowest BCUT2D eigenvalue weighted by molar-refractivity contribution is 0.572. The molecule has 0 spiro atoms. The number of nitrogens with zero attached hydrogens (tertiary/aromatic N) is 1. The Morgan fingerprint density at radius 1 is 1.17 bits per heavy atom. The van der Waals surface area contributed by atoms with Crippen molar-refractivity contribution < 1.29 is 0 Å². The zero-order valence-electron chi connectivity index (χ0n) is 10.9. The Kier molecular flexibility index (Phi) is 3.20. The fourth-order valence-corrected chi connectivity index (χ4v) is 2.92. The molecule has 94 valence electrons. The highest BCUT2D eigenvalue weighted by atomic mass is 15.2. The molecule has 1 fully saturated rings. The fourth-order valence-electron chi connectivity index (χ4n) is 2.92. The molecule has 1 unspecified atom stereocenters. The lowest BCUT2D eigenvalue weighted by atomic mass is 10.1. The first-order valence-electron chi connectivity index (χ1n) is 6.84. The third kappa shape index (κ3) is 2.08. The van der Waals surface area contributed by atoms with Crippen LogP contribution < -0.4 is 10.2 Å². The second-order valence-corrected chi connectivity index (χ2v) is 4.99. The van der Waals surface area contributed by atoms with Crippen LogP contribution >= 0.6 is 0 Å². The first-order valence-corrected chi connectivity index (χ1v) is 6.84. The van der Waals surface area contributed by atoms with E-state index in [0.717, 1.165) is 19.6 Å². The lowest BCUT2D eigenvalue weighted by Crippen LogP contribution is -2.32. The largest absolute Gasteiger partial charge is 0.369 e. The molecule has 1 aliphatic rings. The van der Waals surface area contributed by atoms with Gasteiger partial charge in [-0.05, 0) is 24.4 Å². The van der Waals surface area contributed by atoms with E-state index in [1.807, 2.05) is 0 Å². The maximum atomic E-state index is 3.55. The van der Waals surface area contributed by atoms with Crippen LogP contribution in [0.5, 0.6) is 0 Å². The third-order valence-electron chi connectivity index (χ3n) is 3.79. The minimum atomic E-state index is 0.647. The summed E-state index contributed by atoms with van der Waals surface area (Å²) in [7, 11) is 0. The highest BCUT2D eigenvalue weighted by molar-refractivity contribution is 5.94. The quantitative estimate of drug-likeness (QED) is 0.887. The van der Waals surface area contributed by atoms with Gasteiger partial charge in [0.2, 0.25) is 0 Å². The molecule has 0 bridgehead atoms. The second-order valence-electron chi connectivity index (χ2n) is 4.99. The first-order chi connectivity index (χ1) is 8.88. The van der Waals surface area contributed by atoms with E-state index in [-0.39, 0.29) is 0 Å². The van der Waals surface area contributed by atoms with Crippen LogP contribution in [0.2, 0.25) is 0 Å². The topological polar surface area (TPSA) is 15.3 Å². The Balaban J connectivity index is 1.91. The van der Waals surface area contributed by atoms with Gasteiger partial charge in [0.15, 0.2) is 0 Å². The number of hydrogen-bond acceptors (Lipinski definition) is 2. The van der Waals surface area contributed by atoms with E-state index in [9.17, 15) is 0 Å². The molecule has 0 aliphatic carbocycles. The summed E-state index contributed by atoms with van der Waals surface area (Å²) in [5, 5.41) is 6.26. The Morgan fingerprint density at radius 3 is 2.89 bits per heavy atom. The smallest absolute Gasteiger partial charge is 0.0446 e. The summed E-state index contributed by atoms with van der Waals surface area (Å²) < 4.78 is 0. The predicted molar refractivity (Wildman–Crippen MR) is 78.2 cm³/mol. The van der Waals surface area contributed by atoms with Crippen molar-refractivity contribution in [3.05, 3.63) is 42.5 Å². The third-order valence-corrected chi connectivity index (χ3v) is 3.79. The molecule has 18 heavy (non-hydrogen) atoms. The normalized spacial score (nSPS) is 19.6. The minimum absolute atomic E-state index is 0.647. The van der Waals surface area contributed by atoms with Gasteiger partial charge >= 0.3 is 0 Å². The van der Waals surface area contributed by atoms with Crippen molar-refractivity contribution >= 4 is 16.5 Å². The molecule has 0 amide bonds. The van der Waals surface area contributed by atoms with Gasteiger partial charge in [-0.15, -0.1) is 0 Å². The Bertz CT molecular complexity index is 530. The van der Waals surface area contributed by atoms with E-state index >= 15 is 0 Å². The van der Waals surface area contributed by atoms with Crippen LogP contribution in [0.1, 0.15) is 13.3 Å². The van der Waals surface area contributed by atoms with Gasteiger partial charge < -0.3 is 10.2 Å². The highest BCUT2D eigenvalue weighted by Crippen LogP contribution is 2.29. The van der Waals surface area contributed by atoms with E-state index in [1.165, 1.54) is 22.9 Å². The molecule has 1 atom stereocenters. The maximum Gasteiger partial charge on any atom is 0.0446 e. The molecule has 1 aliphatic heterocycles. The van der Waals surface area contributed by atoms with Crippen LogP contribution in [0, 0.1) is 0 Å². The first kappa shape index (κ1) is 11.5. The molecule has 1 N–H and O–H groups in total. The number of likely N-dealkylation sites (N-methyl/N-ethyl adjacent to an activating group) is 1. The van der Waals surface area contributed by atoms with Crippen molar-refractivity contribution in [2.45, 2.75) is 19.4 Å². The molecule has 2 aromatic rings. The summed E-state index contributed by atoms with van der Waals surface area (Å²) in [4.78, 5) is 2.51. The van der Waals surface area contributed by atoms with Gasteiger partial charge in [-0.1, -0.05) is 43.3 Å².